The van der Waals surface area contributed by atoms with Crippen LogP contribution < -0.4 is 24.6 Å². The lowest BCUT2D eigenvalue weighted by molar-refractivity contribution is 0.132. The number of benzene rings is 1. The van der Waals surface area contributed by atoms with Crippen LogP contribution in [-0.4, -0.2) is 47.9 Å². The third kappa shape index (κ3) is 4.56. The van der Waals surface area contributed by atoms with Crippen molar-refractivity contribution in [1.29, 1.82) is 0 Å². The molecule has 3 heterocycles. The van der Waals surface area contributed by atoms with Crippen LogP contribution in [0.3, 0.4) is 0 Å². The van der Waals surface area contributed by atoms with Crippen molar-refractivity contribution in [3.63, 3.8) is 0 Å². The molecule has 0 spiro atoms. The number of nitrogens with zero attached hydrogens (tertiary/aromatic N) is 4. The van der Waals surface area contributed by atoms with Gasteiger partial charge in [0.15, 0.2) is 23.1 Å². The van der Waals surface area contributed by atoms with E-state index in [9.17, 15) is 9.90 Å². The molecule has 0 bridgehead atoms. The Morgan fingerprint density at radius 3 is 2.38 bits per heavy atom. The predicted octanol–water partition coefficient (Wildman–Crippen LogP) is 4.15. The number of aliphatic hydroxyl groups excluding tert-OH is 1. The van der Waals surface area contributed by atoms with Crippen LogP contribution in [0.1, 0.15) is 37.3 Å². The Hall–Kier alpha value is -3.83. The fourth-order valence-electron chi connectivity index (χ4n) is 4.36. The summed E-state index contributed by atoms with van der Waals surface area (Å²) in [6.45, 7) is 1.93. The highest BCUT2D eigenvalue weighted by Crippen LogP contribution is 2.41. The molecule has 1 aliphatic carbocycles. The molecule has 2 N–H and O–H groups in total. The summed E-state index contributed by atoms with van der Waals surface area (Å²) in [6, 6.07) is 6.11. The van der Waals surface area contributed by atoms with Crippen LogP contribution in [0.25, 0.3) is 11.3 Å². The molecule has 1 unspecified atom stereocenters. The number of hydrogen-bond donors (Lipinski definition) is 2. The molecule has 2 aliphatic rings. The number of urea groups is 1. The smallest absolute Gasteiger partial charge is 0.329 e. The number of carbonyl (C=O) groups is 1. The van der Waals surface area contributed by atoms with E-state index in [4.69, 9.17) is 9.47 Å². The number of fused-ring (bicyclic) bond motifs is 1. The molecule has 194 valence electrons. The van der Waals surface area contributed by atoms with Crippen molar-refractivity contribution in [3.05, 3.63) is 59.6 Å². The van der Waals surface area contributed by atoms with E-state index >= 15 is 8.78 Å². The zero-order valence-corrected chi connectivity index (χ0v) is 20.7. The molecule has 37 heavy (non-hydrogen) atoms. The first-order chi connectivity index (χ1) is 17.9. The summed E-state index contributed by atoms with van der Waals surface area (Å²) in [7, 11) is 2.50. The van der Waals surface area contributed by atoms with Crippen LogP contribution in [0.4, 0.5) is 25.0 Å². The highest BCUT2D eigenvalue weighted by atomic mass is 19.1. The minimum atomic E-state index is -0.997. The summed E-state index contributed by atoms with van der Waals surface area (Å²) in [5.41, 5.74) is 2.43. The van der Waals surface area contributed by atoms with Crippen LogP contribution in [0.15, 0.2) is 36.7 Å². The number of amides is 2. The number of methoxy groups -OCH3 is 2. The average Bonchev–Trinajstić information content (AvgIpc) is 3.73. The van der Waals surface area contributed by atoms with Crippen LogP contribution in [-0.2, 0) is 6.54 Å². The normalized spacial score (nSPS) is 16.0. The molecule has 1 atom stereocenters. The number of ether oxygens (including phenoxy) is 2. The number of nitrogens with one attached hydrogen (secondary N) is 1. The van der Waals surface area contributed by atoms with E-state index < -0.39 is 29.6 Å². The molecule has 1 saturated carbocycles. The second-order valence-electron chi connectivity index (χ2n) is 8.88. The first-order valence-corrected chi connectivity index (χ1v) is 11.9. The Bertz CT molecular complexity index is 1310. The van der Waals surface area contributed by atoms with Crippen molar-refractivity contribution in [2.24, 2.45) is 0 Å². The monoisotopic (exact) mass is 511 g/mol. The van der Waals surface area contributed by atoms with E-state index in [0.29, 0.717) is 34.2 Å². The van der Waals surface area contributed by atoms with Gasteiger partial charge in [-0.15, -0.1) is 0 Å². The van der Waals surface area contributed by atoms with Crippen molar-refractivity contribution < 1.29 is 28.2 Å². The van der Waals surface area contributed by atoms with Gasteiger partial charge in [-0.1, -0.05) is 0 Å². The molecule has 0 radical (unpaired) electrons. The summed E-state index contributed by atoms with van der Waals surface area (Å²) in [4.78, 5) is 24.8. The van der Waals surface area contributed by atoms with Gasteiger partial charge in [0.1, 0.15) is 11.9 Å². The van der Waals surface area contributed by atoms with Crippen molar-refractivity contribution in [3.8, 4) is 22.8 Å². The van der Waals surface area contributed by atoms with Gasteiger partial charge in [0.25, 0.3) is 0 Å². The molecule has 2 aromatic heterocycles. The third-order valence-corrected chi connectivity index (χ3v) is 6.51. The molecule has 11 heteroatoms. The largest absolute Gasteiger partial charge is 0.493 e. The predicted molar refractivity (Wildman–Crippen MR) is 133 cm³/mol. The Morgan fingerprint density at radius 2 is 1.81 bits per heavy atom. The molecule has 3 aromatic rings. The van der Waals surface area contributed by atoms with Gasteiger partial charge in [-0.25, -0.2) is 13.6 Å². The van der Waals surface area contributed by atoms with E-state index in [0.717, 1.165) is 23.8 Å². The van der Waals surface area contributed by atoms with Gasteiger partial charge in [0.2, 0.25) is 0 Å². The summed E-state index contributed by atoms with van der Waals surface area (Å²) in [5, 5.41) is 13.4. The van der Waals surface area contributed by atoms with Gasteiger partial charge in [-0.2, -0.15) is 0 Å². The second-order valence-corrected chi connectivity index (χ2v) is 8.88. The number of rotatable bonds is 8. The lowest BCUT2D eigenvalue weighted by atomic mass is 10.1. The first kappa shape index (κ1) is 24.8. The van der Waals surface area contributed by atoms with E-state index in [1.807, 2.05) is 0 Å². The Kier molecular flexibility index (Phi) is 6.65. The number of carbonyl (C=O) groups excluding carboxylic acids is 1. The van der Waals surface area contributed by atoms with Gasteiger partial charge in [0.05, 0.1) is 37.8 Å². The minimum Gasteiger partial charge on any atom is -0.493 e. The van der Waals surface area contributed by atoms with Crippen molar-refractivity contribution >= 4 is 17.4 Å². The number of anilines is 2. The fraction of sp³-hybridized carbons (Fsp3) is 0.346. The zero-order valence-electron chi connectivity index (χ0n) is 20.7. The van der Waals surface area contributed by atoms with Crippen LogP contribution in [0.2, 0.25) is 0 Å². The Morgan fingerprint density at radius 1 is 1.11 bits per heavy atom. The maximum atomic E-state index is 15.2. The van der Waals surface area contributed by atoms with E-state index in [1.54, 1.807) is 37.5 Å². The van der Waals surface area contributed by atoms with E-state index in [-0.39, 0.29) is 24.6 Å². The molecular weight excluding hydrogens is 484 g/mol. The van der Waals surface area contributed by atoms with Crippen LogP contribution >= 0.6 is 0 Å². The summed E-state index contributed by atoms with van der Waals surface area (Å²) in [5.74, 6) is -2.47. The van der Waals surface area contributed by atoms with Gasteiger partial charge in [0, 0.05) is 42.2 Å². The molecule has 0 saturated heterocycles. The van der Waals surface area contributed by atoms with Gasteiger partial charge < -0.3 is 14.6 Å². The number of hydrogen-bond acceptors (Lipinski definition) is 7. The Labute approximate surface area is 212 Å². The van der Waals surface area contributed by atoms with Gasteiger partial charge in [-0.3, -0.25) is 25.1 Å². The highest BCUT2D eigenvalue weighted by molar-refractivity contribution is 6.06. The average molecular weight is 512 g/mol. The summed E-state index contributed by atoms with van der Waals surface area (Å²) >= 11 is 0. The highest BCUT2D eigenvalue weighted by Gasteiger charge is 2.36. The molecule has 1 aromatic carbocycles. The number of pyridine rings is 2. The standard InChI is InChI=1S/C26H27F2N5O4/c1-4-32-19-9-18(14-5-8-17(29-11-14)25(34)31-16-6-7-16)30-12-15(19)13-33(26(32)35)24-22(27)20(36-2)10-21(37-3)23(24)28/h5,8-12,16,25,31,34H,4,6-7,13H2,1-3H3. The van der Waals surface area contributed by atoms with Crippen LogP contribution in [0, 0.1) is 11.6 Å². The lowest BCUT2D eigenvalue weighted by Gasteiger charge is -2.37. The SMILES string of the molecule is CCN1C(=O)N(c2c(F)c(OC)cc(OC)c2F)Cc2cnc(-c3ccc(C(O)NC4CC4)nc3)cc21. The minimum absolute atomic E-state index is 0.0989. The maximum Gasteiger partial charge on any atom is 0.329 e. The van der Waals surface area contributed by atoms with Gasteiger partial charge >= 0.3 is 6.03 Å². The maximum absolute atomic E-state index is 15.2. The Balaban J connectivity index is 1.48. The van der Waals surface area contributed by atoms with Gasteiger partial charge in [-0.05, 0) is 38.0 Å². The first-order valence-electron chi connectivity index (χ1n) is 11.9. The van der Waals surface area contributed by atoms with Crippen LogP contribution in [0.5, 0.6) is 11.5 Å². The zero-order chi connectivity index (χ0) is 26.3. The summed E-state index contributed by atoms with van der Waals surface area (Å²) in [6.07, 6.45) is 4.44. The number of aliphatic hydroxyl groups is 1. The van der Waals surface area contributed by atoms with E-state index in [1.165, 1.54) is 19.1 Å². The quantitative estimate of drug-likeness (QED) is 0.439. The lowest BCUT2D eigenvalue weighted by Crippen LogP contribution is -2.48. The summed E-state index contributed by atoms with van der Waals surface area (Å²) < 4.78 is 40.4. The topological polar surface area (TPSA) is 100 Å². The third-order valence-electron chi connectivity index (χ3n) is 6.51. The number of halogens is 2. The number of aromatic nitrogens is 2. The molecule has 1 aliphatic heterocycles. The molecule has 9 nitrogen and oxygen atoms in total. The fourth-order valence-corrected chi connectivity index (χ4v) is 4.36. The molecule has 2 amide bonds. The molecule has 1 fully saturated rings. The van der Waals surface area contributed by atoms with Crippen molar-refractivity contribution in [2.75, 3.05) is 30.6 Å². The molecular formula is C26H27F2N5O4. The molecule has 5 rings (SSSR count). The van der Waals surface area contributed by atoms with Crippen molar-refractivity contribution in [1.82, 2.24) is 15.3 Å². The van der Waals surface area contributed by atoms with E-state index in [2.05, 4.69) is 15.3 Å². The second kappa shape index (κ2) is 9.91. The van der Waals surface area contributed by atoms with Crippen molar-refractivity contribution in [2.45, 2.75) is 38.6 Å².